The Morgan fingerprint density at radius 1 is 1.11 bits per heavy atom. The lowest BCUT2D eigenvalue weighted by atomic mass is 9.69. The lowest BCUT2D eigenvalue weighted by Crippen LogP contribution is -2.51. The van der Waals surface area contributed by atoms with Crippen LogP contribution >= 0.6 is 0 Å². The minimum atomic E-state index is -0.0991. The molecule has 1 saturated carbocycles. The second-order valence-electron chi connectivity index (χ2n) is 8.20. The van der Waals surface area contributed by atoms with E-state index < -0.39 is 0 Å². The average Bonchev–Trinajstić information content (AvgIpc) is 2.76. The molecule has 2 fully saturated rings. The minimum absolute atomic E-state index is 0.0991. The summed E-state index contributed by atoms with van der Waals surface area (Å²) < 4.78 is 0. The molecule has 1 heterocycles. The van der Waals surface area contributed by atoms with Crippen molar-refractivity contribution in [3.8, 4) is 0 Å². The van der Waals surface area contributed by atoms with E-state index in [9.17, 15) is 5.11 Å². The molecule has 0 bridgehead atoms. The Kier molecular flexibility index (Phi) is 4.62. The van der Waals surface area contributed by atoms with Gasteiger partial charge in [0.2, 0.25) is 0 Å². The third-order valence-electron chi connectivity index (χ3n) is 5.54. The lowest BCUT2D eigenvalue weighted by molar-refractivity contribution is -0.0278. The predicted molar refractivity (Wildman–Crippen MR) is 81.2 cm³/mol. The van der Waals surface area contributed by atoms with E-state index in [1.54, 1.807) is 0 Å². The summed E-state index contributed by atoms with van der Waals surface area (Å²) in [5.74, 6) is 1.47. The summed E-state index contributed by atoms with van der Waals surface area (Å²) in [7, 11) is 0. The van der Waals surface area contributed by atoms with Crippen LogP contribution in [0.2, 0.25) is 0 Å². The average molecular weight is 267 g/mol. The summed E-state index contributed by atoms with van der Waals surface area (Å²) in [5, 5.41) is 10.5. The molecule has 0 spiro atoms. The van der Waals surface area contributed by atoms with Crippen molar-refractivity contribution in [1.82, 2.24) is 4.90 Å². The third-order valence-corrected chi connectivity index (χ3v) is 5.54. The molecule has 0 aromatic heterocycles. The van der Waals surface area contributed by atoms with E-state index in [1.165, 1.54) is 32.2 Å². The summed E-state index contributed by atoms with van der Waals surface area (Å²) in [6, 6.07) is 1.10. The molecular formula is C17H33NO. The van der Waals surface area contributed by atoms with E-state index in [0.29, 0.717) is 23.4 Å². The Morgan fingerprint density at radius 2 is 1.79 bits per heavy atom. The zero-order valence-electron chi connectivity index (χ0n) is 13.5. The maximum Gasteiger partial charge on any atom is 0.0695 e. The van der Waals surface area contributed by atoms with E-state index >= 15 is 0 Å². The maximum absolute atomic E-state index is 10.5. The molecule has 1 saturated heterocycles. The fourth-order valence-electron chi connectivity index (χ4n) is 4.22. The molecule has 2 heteroatoms. The van der Waals surface area contributed by atoms with E-state index in [1.807, 2.05) is 0 Å². The normalized spacial score (nSPS) is 38.1. The smallest absolute Gasteiger partial charge is 0.0695 e. The molecule has 0 aromatic rings. The van der Waals surface area contributed by atoms with Crippen LogP contribution in [-0.2, 0) is 0 Å². The van der Waals surface area contributed by atoms with Gasteiger partial charge in [-0.15, -0.1) is 0 Å². The first-order valence-electron chi connectivity index (χ1n) is 8.24. The van der Waals surface area contributed by atoms with Gasteiger partial charge in [-0.05, 0) is 55.9 Å². The Labute approximate surface area is 119 Å². The van der Waals surface area contributed by atoms with Crippen LogP contribution in [-0.4, -0.2) is 34.7 Å². The van der Waals surface area contributed by atoms with Gasteiger partial charge in [-0.2, -0.15) is 0 Å². The van der Waals surface area contributed by atoms with Crippen LogP contribution in [0.3, 0.4) is 0 Å². The van der Waals surface area contributed by atoms with Crippen LogP contribution in [0.25, 0.3) is 0 Å². The van der Waals surface area contributed by atoms with E-state index in [0.717, 1.165) is 12.3 Å². The van der Waals surface area contributed by atoms with Crippen LogP contribution < -0.4 is 0 Å². The molecule has 0 aromatic carbocycles. The van der Waals surface area contributed by atoms with Gasteiger partial charge in [0.1, 0.15) is 0 Å². The zero-order chi connectivity index (χ0) is 14.2. The molecule has 4 unspecified atom stereocenters. The molecule has 2 nitrogen and oxygen atoms in total. The Morgan fingerprint density at radius 3 is 2.37 bits per heavy atom. The van der Waals surface area contributed by atoms with E-state index in [-0.39, 0.29) is 6.10 Å². The van der Waals surface area contributed by atoms with Crippen LogP contribution in [0.4, 0.5) is 0 Å². The first-order chi connectivity index (χ1) is 8.80. The molecule has 1 N–H and O–H groups in total. The van der Waals surface area contributed by atoms with Crippen molar-refractivity contribution in [2.24, 2.45) is 17.3 Å². The summed E-state index contributed by atoms with van der Waals surface area (Å²) in [4.78, 5) is 2.65. The summed E-state index contributed by atoms with van der Waals surface area (Å²) in [5.41, 5.74) is 0.380. The molecule has 2 aliphatic rings. The van der Waals surface area contributed by atoms with Gasteiger partial charge in [0.25, 0.3) is 0 Å². The third kappa shape index (κ3) is 3.33. The molecule has 1 aliphatic heterocycles. The largest absolute Gasteiger partial charge is 0.391 e. The number of hydrogen-bond donors (Lipinski definition) is 1. The lowest BCUT2D eigenvalue weighted by Gasteiger charge is -2.45. The van der Waals surface area contributed by atoms with Crippen molar-refractivity contribution >= 4 is 0 Å². The van der Waals surface area contributed by atoms with Crippen molar-refractivity contribution in [2.45, 2.75) is 84.9 Å². The number of hydrogen-bond acceptors (Lipinski definition) is 2. The quantitative estimate of drug-likeness (QED) is 0.825. The first kappa shape index (κ1) is 15.3. The summed E-state index contributed by atoms with van der Waals surface area (Å²) in [6.45, 7) is 12.9. The minimum Gasteiger partial charge on any atom is -0.391 e. The van der Waals surface area contributed by atoms with Crippen molar-refractivity contribution in [2.75, 3.05) is 6.54 Å². The van der Waals surface area contributed by atoms with Crippen LogP contribution in [0, 0.1) is 17.3 Å². The van der Waals surface area contributed by atoms with Gasteiger partial charge in [-0.3, -0.25) is 4.90 Å². The Hall–Kier alpha value is -0.0800. The van der Waals surface area contributed by atoms with Crippen molar-refractivity contribution in [3.05, 3.63) is 0 Å². The highest BCUT2D eigenvalue weighted by atomic mass is 16.3. The summed E-state index contributed by atoms with van der Waals surface area (Å²) >= 11 is 0. The number of aliphatic hydroxyl groups is 1. The topological polar surface area (TPSA) is 23.5 Å². The van der Waals surface area contributed by atoms with Gasteiger partial charge in [0.05, 0.1) is 6.10 Å². The van der Waals surface area contributed by atoms with Crippen molar-refractivity contribution in [3.63, 3.8) is 0 Å². The van der Waals surface area contributed by atoms with Crippen LogP contribution in [0.1, 0.15) is 66.7 Å². The van der Waals surface area contributed by atoms with Gasteiger partial charge >= 0.3 is 0 Å². The monoisotopic (exact) mass is 267 g/mol. The summed E-state index contributed by atoms with van der Waals surface area (Å²) in [6.07, 6.45) is 5.91. The highest BCUT2D eigenvalue weighted by Gasteiger charge is 2.41. The zero-order valence-corrected chi connectivity index (χ0v) is 13.5. The fraction of sp³-hybridized carbons (Fsp3) is 1.00. The molecule has 112 valence electrons. The molecular weight excluding hydrogens is 234 g/mol. The molecule has 0 amide bonds. The number of aliphatic hydroxyl groups excluding tert-OH is 1. The van der Waals surface area contributed by atoms with Gasteiger partial charge in [-0.1, -0.05) is 34.6 Å². The van der Waals surface area contributed by atoms with Gasteiger partial charge in [-0.25, -0.2) is 0 Å². The number of rotatable bonds is 2. The van der Waals surface area contributed by atoms with E-state index in [4.69, 9.17) is 0 Å². The highest BCUT2D eigenvalue weighted by Crippen LogP contribution is 2.41. The van der Waals surface area contributed by atoms with Crippen molar-refractivity contribution < 1.29 is 5.11 Å². The molecule has 19 heavy (non-hydrogen) atoms. The first-order valence-corrected chi connectivity index (χ1v) is 8.24. The van der Waals surface area contributed by atoms with Crippen molar-refractivity contribution in [1.29, 1.82) is 0 Å². The highest BCUT2D eigenvalue weighted by molar-refractivity contribution is 4.95. The second kappa shape index (κ2) is 5.73. The van der Waals surface area contributed by atoms with Crippen LogP contribution in [0.15, 0.2) is 0 Å². The molecule has 2 rings (SSSR count). The SMILES string of the molecule is CC(C)C1CCCN1C1CC(C(C)(C)C)CCC1O. The van der Waals surface area contributed by atoms with Gasteiger partial charge < -0.3 is 5.11 Å². The predicted octanol–water partition coefficient (Wildman–Crippen LogP) is 3.68. The van der Waals surface area contributed by atoms with Gasteiger partial charge in [0, 0.05) is 12.1 Å². The Bertz CT molecular complexity index is 294. The van der Waals surface area contributed by atoms with Crippen LogP contribution in [0.5, 0.6) is 0 Å². The number of nitrogens with zero attached hydrogens (tertiary/aromatic N) is 1. The van der Waals surface area contributed by atoms with E-state index in [2.05, 4.69) is 39.5 Å². The molecule has 1 aliphatic carbocycles. The standard InChI is InChI=1S/C17H33NO/c1-12(2)14-7-6-10-18(14)15-11-13(17(3,4)5)8-9-16(15)19/h12-16,19H,6-11H2,1-5H3. The second-order valence-corrected chi connectivity index (χ2v) is 8.20. The maximum atomic E-state index is 10.5. The van der Waals surface area contributed by atoms with Gasteiger partial charge in [0.15, 0.2) is 0 Å². The fourth-order valence-corrected chi connectivity index (χ4v) is 4.22. The molecule has 0 radical (unpaired) electrons. The Balaban J connectivity index is 2.08. The number of likely N-dealkylation sites (tertiary alicyclic amines) is 1. The molecule has 4 atom stereocenters.